The van der Waals surface area contributed by atoms with E-state index in [4.69, 9.17) is 9.47 Å². The number of fused-ring (bicyclic) bond motifs is 1. The zero-order chi connectivity index (χ0) is 28.8. The molecule has 1 unspecified atom stereocenters. The van der Waals surface area contributed by atoms with E-state index in [0.717, 1.165) is 16.8 Å². The van der Waals surface area contributed by atoms with E-state index in [9.17, 15) is 14.7 Å². The summed E-state index contributed by atoms with van der Waals surface area (Å²) in [6.45, 7) is 1.94. The molecule has 0 saturated carbocycles. The predicted molar refractivity (Wildman–Crippen MR) is 156 cm³/mol. The highest BCUT2D eigenvalue weighted by molar-refractivity contribution is 8.03. The van der Waals surface area contributed by atoms with Crippen LogP contribution in [0.15, 0.2) is 108 Å². The maximum atomic E-state index is 13.0. The number of hydrogen-bond acceptors (Lipinski definition) is 6. The summed E-state index contributed by atoms with van der Waals surface area (Å²) < 4.78 is 14.5. The lowest BCUT2D eigenvalue weighted by molar-refractivity contribution is -0.683. The minimum Gasteiger partial charge on any atom is -0.464 e. The molecule has 210 valence electrons. The number of nitrogens with one attached hydrogen (secondary N) is 1. The SMILES string of the molecule is CCOC(=O)[C@H](CSC1=C(c2ccccc2)n2cc[n+](C)c2C1(O)c1ccccc1)NC(=O)OCc1ccccc1. The number of thioether (sulfide) groups is 1. The average molecular weight is 571 g/mol. The van der Waals surface area contributed by atoms with Gasteiger partial charge in [0.25, 0.3) is 0 Å². The maximum absolute atomic E-state index is 13.0. The highest BCUT2D eigenvalue weighted by Gasteiger charge is 2.54. The topological polar surface area (TPSA) is 93.7 Å². The van der Waals surface area contributed by atoms with Gasteiger partial charge in [-0.15, -0.1) is 11.8 Å². The van der Waals surface area contributed by atoms with Crippen LogP contribution < -0.4 is 9.88 Å². The van der Waals surface area contributed by atoms with Crippen molar-refractivity contribution in [2.45, 2.75) is 25.2 Å². The smallest absolute Gasteiger partial charge is 0.408 e. The molecular weight excluding hydrogens is 538 g/mol. The van der Waals surface area contributed by atoms with E-state index >= 15 is 0 Å². The Morgan fingerprint density at radius 2 is 1.61 bits per heavy atom. The lowest BCUT2D eigenvalue weighted by Crippen LogP contribution is -2.45. The Bertz CT molecular complexity index is 1540. The molecule has 0 bridgehead atoms. The number of aryl methyl sites for hydroxylation is 1. The van der Waals surface area contributed by atoms with E-state index < -0.39 is 23.7 Å². The van der Waals surface area contributed by atoms with Crippen molar-refractivity contribution in [3.8, 4) is 0 Å². The zero-order valence-electron chi connectivity index (χ0n) is 22.9. The molecule has 0 fully saturated rings. The van der Waals surface area contributed by atoms with Crippen LogP contribution in [0.3, 0.4) is 0 Å². The number of nitrogens with zero attached hydrogens (tertiary/aromatic N) is 2. The van der Waals surface area contributed by atoms with E-state index in [-0.39, 0.29) is 19.0 Å². The molecule has 5 rings (SSSR count). The number of benzene rings is 3. The van der Waals surface area contributed by atoms with Crippen molar-refractivity contribution in [1.82, 2.24) is 9.88 Å². The predicted octanol–water partition coefficient (Wildman–Crippen LogP) is 4.37. The third kappa shape index (κ3) is 5.77. The summed E-state index contributed by atoms with van der Waals surface area (Å²) in [7, 11) is 1.89. The summed E-state index contributed by atoms with van der Waals surface area (Å²) in [4.78, 5) is 26.3. The number of aromatic nitrogens is 2. The van der Waals surface area contributed by atoms with Crippen LogP contribution in [-0.4, -0.2) is 40.1 Å². The summed E-state index contributed by atoms with van der Waals surface area (Å²) in [5.41, 5.74) is 1.71. The van der Waals surface area contributed by atoms with Crippen molar-refractivity contribution in [3.05, 3.63) is 131 Å². The molecule has 2 heterocycles. The Hall–Kier alpha value is -4.34. The van der Waals surface area contributed by atoms with Gasteiger partial charge < -0.3 is 19.9 Å². The number of alkyl carbamates (subject to hydrolysis) is 1. The fraction of sp³-hybridized carbons (Fsp3) is 0.219. The lowest BCUT2D eigenvalue weighted by atomic mass is 9.92. The Kier molecular flexibility index (Phi) is 8.56. The van der Waals surface area contributed by atoms with Gasteiger partial charge in [-0.25, -0.2) is 14.2 Å². The molecule has 4 aromatic rings. The lowest BCUT2D eigenvalue weighted by Gasteiger charge is -2.25. The first-order valence-corrected chi connectivity index (χ1v) is 14.3. The van der Waals surface area contributed by atoms with Gasteiger partial charge in [-0.2, -0.15) is 4.57 Å². The number of esters is 1. The molecule has 0 aliphatic carbocycles. The fourth-order valence-electron chi connectivity index (χ4n) is 4.93. The van der Waals surface area contributed by atoms with E-state index in [1.54, 1.807) is 6.92 Å². The average Bonchev–Trinajstić information content (AvgIpc) is 3.51. The van der Waals surface area contributed by atoms with Gasteiger partial charge >= 0.3 is 17.9 Å². The van der Waals surface area contributed by atoms with Crippen molar-refractivity contribution in [3.63, 3.8) is 0 Å². The fourth-order valence-corrected chi connectivity index (χ4v) is 6.26. The molecule has 8 nitrogen and oxygen atoms in total. The molecule has 1 aliphatic heterocycles. The summed E-state index contributed by atoms with van der Waals surface area (Å²) in [5, 5.41) is 15.2. The van der Waals surface area contributed by atoms with Crippen LogP contribution in [0, 0.1) is 0 Å². The normalized spacial score (nSPS) is 16.7. The molecular formula is C32H32N3O5S+. The minimum atomic E-state index is -1.51. The first kappa shape index (κ1) is 28.2. The Labute approximate surface area is 243 Å². The van der Waals surface area contributed by atoms with Crippen molar-refractivity contribution in [1.29, 1.82) is 0 Å². The van der Waals surface area contributed by atoms with Crippen molar-refractivity contribution >= 4 is 29.5 Å². The molecule has 1 amide bonds. The molecule has 9 heteroatoms. The third-order valence-electron chi connectivity index (χ3n) is 6.82. The Balaban J connectivity index is 1.48. The van der Waals surface area contributed by atoms with Gasteiger partial charge in [0.1, 0.15) is 25.0 Å². The molecule has 41 heavy (non-hydrogen) atoms. The number of aliphatic hydroxyl groups is 1. The van der Waals surface area contributed by atoms with Crippen LogP contribution in [0.4, 0.5) is 4.79 Å². The Morgan fingerprint density at radius 3 is 2.27 bits per heavy atom. The highest BCUT2D eigenvalue weighted by atomic mass is 32.2. The van der Waals surface area contributed by atoms with E-state index in [2.05, 4.69) is 5.32 Å². The Morgan fingerprint density at radius 1 is 0.976 bits per heavy atom. The molecule has 2 atom stereocenters. The van der Waals surface area contributed by atoms with Gasteiger partial charge in [-0.3, -0.25) is 0 Å². The number of rotatable bonds is 10. The molecule has 0 saturated heterocycles. The number of ether oxygens (including phenoxy) is 2. The number of imidazole rings is 1. The molecule has 3 aromatic carbocycles. The van der Waals surface area contributed by atoms with E-state index in [1.165, 1.54) is 11.8 Å². The highest BCUT2D eigenvalue weighted by Crippen LogP contribution is 2.50. The third-order valence-corrected chi connectivity index (χ3v) is 8.10. The molecule has 2 N–H and O–H groups in total. The van der Waals surface area contributed by atoms with Crippen LogP contribution in [-0.2, 0) is 33.5 Å². The van der Waals surface area contributed by atoms with E-state index in [1.807, 2.05) is 120 Å². The van der Waals surface area contributed by atoms with Crippen molar-refractivity contribution in [2.75, 3.05) is 12.4 Å². The van der Waals surface area contributed by atoms with Crippen LogP contribution in [0.5, 0.6) is 0 Å². The second-order valence-corrected chi connectivity index (χ2v) is 10.6. The molecule has 1 aliphatic rings. The monoisotopic (exact) mass is 570 g/mol. The van der Waals surface area contributed by atoms with Gasteiger partial charge in [-0.1, -0.05) is 91.0 Å². The number of carbonyl (C=O) groups is 2. The van der Waals surface area contributed by atoms with Crippen molar-refractivity contribution in [2.24, 2.45) is 7.05 Å². The molecule has 1 aromatic heterocycles. The maximum Gasteiger partial charge on any atom is 0.408 e. The van der Waals surface area contributed by atoms with Gasteiger partial charge in [0, 0.05) is 16.9 Å². The van der Waals surface area contributed by atoms with Crippen LogP contribution in [0.25, 0.3) is 5.70 Å². The summed E-state index contributed by atoms with van der Waals surface area (Å²) in [5.74, 6) is 0.187. The quantitative estimate of drug-likeness (QED) is 0.217. The molecule has 0 radical (unpaired) electrons. The first-order valence-electron chi connectivity index (χ1n) is 13.4. The summed E-state index contributed by atoms with van der Waals surface area (Å²) in [6, 6.07) is 27.5. The van der Waals surface area contributed by atoms with Crippen LogP contribution in [0.2, 0.25) is 0 Å². The van der Waals surface area contributed by atoms with Crippen LogP contribution in [0.1, 0.15) is 29.4 Å². The second-order valence-electron chi connectivity index (χ2n) is 9.54. The summed E-state index contributed by atoms with van der Waals surface area (Å²) in [6.07, 6.45) is 3.09. The van der Waals surface area contributed by atoms with Gasteiger partial charge in [0.2, 0.25) is 5.60 Å². The van der Waals surface area contributed by atoms with Gasteiger partial charge in [0.05, 0.1) is 18.6 Å². The largest absolute Gasteiger partial charge is 0.464 e. The minimum absolute atomic E-state index is 0.0678. The van der Waals surface area contributed by atoms with E-state index in [0.29, 0.717) is 16.3 Å². The number of hydrogen-bond donors (Lipinski definition) is 2. The molecule has 0 spiro atoms. The zero-order valence-corrected chi connectivity index (χ0v) is 23.7. The standard InChI is InChI=1S/C32H31N3O5S/c1-3-39-29(36)26(33-31(37)40-21-23-13-7-4-8-14-23)22-41-28-27(24-15-9-5-10-16-24)35-20-19-34(2)30(35)32(28,38)25-17-11-6-12-18-25/h4-20,26,38H,3,21-22H2,1-2H3/p+1/t26-,32?/m0/s1. The van der Waals surface area contributed by atoms with Crippen LogP contribution >= 0.6 is 11.8 Å². The number of carbonyl (C=O) groups excluding carboxylic acids is 2. The number of amides is 1. The summed E-state index contributed by atoms with van der Waals surface area (Å²) >= 11 is 1.30. The second kappa shape index (κ2) is 12.4. The van der Waals surface area contributed by atoms with Gasteiger partial charge in [0.15, 0.2) is 5.70 Å². The first-order chi connectivity index (χ1) is 19.9. The van der Waals surface area contributed by atoms with Crippen molar-refractivity contribution < 1.29 is 28.7 Å². The van der Waals surface area contributed by atoms with Gasteiger partial charge in [-0.05, 0) is 12.5 Å².